The topological polar surface area (TPSA) is 37.3 Å². The fraction of sp³-hybridized carbons (Fsp3) is 0.542. The lowest BCUT2D eigenvalue weighted by molar-refractivity contribution is -0.137. The van der Waals surface area contributed by atoms with Gasteiger partial charge in [0, 0.05) is 6.42 Å². The Labute approximate surface area is 161 Å². The smallest absolute Gasteiger partial charge is 0.303 e. The predicted octanol–water partition coefficient (Wildman–Crippen LogP) is 7.26. The molecule has 1 N–H and O–H groups in total. The molecule has 0 amide bonds. The van der Waals surface area contributed by atoms with Gasteiger partial charge in [0.25, 0.3) is 0 Å². The summed E-state index contributed by atoms with van der Waals surface area (Å²) in [5.41, 5.74) is 0. The van der Waals surface area contributed by atoms with Crippen LogP contribution >= 0.6 is 0 Å². The second-order valence-electron chi connectivity index (χ2n) is 6.88. The molecule has 0 aromatic carbocycles. The van der Waals surface area contributed by atoms with Crippen LogP contribution in [0.4, 0.5) is 0 Å². The first-order chi connectivity index (χ1) is 12.6. The summed E-state index contributed by atoms with van der Waals surface area (Å²) < 4.78 is 0. The van der Waals surface area contributed by atoms with Crippen molar-refractivity contribution < 1.29 is 9.90 Å². The quantitative estimate of drug-likeness (QED) is 0.190. The van der Waals surface area contributed by atoms with E-state index >= 15 is 0 Å². The lowest BCUT2D eigenvalue weighted by Gasteiger charge is -2.14. The summed E-state index contributed by atoms with van der Waals surface area (Å²) >= 11 is 0. The van der Waals surface area contributed by atoms with Crippen LogP contribution in [0.5, 0.6) is 0 Å². The third-order valence-corrected chi connectivity index (χ3v) is 4.45. The summed E-state index contributed by atoms with van der Waals surface area (Å²) in [6.45, 7) is 6.47. The van der Waals surface area contributed by atoms with Crippen LogP contribution in [0.1, 0.15) is 72.1 Å². The van der Waals surface area contributed by atoms with Gasteiger partial charge in [-0.1, -0.05) is 94.4 Å². The number of allylic oxidation sites excluding steroid dienone is 10. The van der Waals surface area contributed by atoms with E-state index in [0.29, 0.717) is 11.8 Å². The van der Waals surface area contributed by atoms with E-state index in [1.807, 2.05) is 18.2 Å². The molecular formula is C24H38O2. The molecule has 0 spiro atoms. The zero-order valence-electron chi connectivity index (χ0n) is 16.9. The standard InChI is InChI=1S/C24H38O2/c1-4-5-6-7-8-9-10-11-12-13-14-15-16-17-18-19-22(2)23(3)20-21-24(25)26/h8-9,11-12,14-19,22-23H,4-7,10,13,20-21H2,1-3H3,(H,25,26)/b9-8-,12-11-,15-14-,17-16+,19-18+. The van der Waals surface area contributed by atoms with Gasteiger partial charge in [0.15, 0.2) is 0 Å². The van der Waals surface area contributed by atoms with Gasteiger partial charge >= 0.3 is 5.97 Å². The van der Waals surface area contributed by atoms with Gasteiger partial charge in [-0.05, 0) is 43.9 Å². The zero-order chi connectivity index (χ0) is 19.5. The highest BCUT2D eigenvalue weighted by molar-refractivity contribution is 5.66. The fourth-order valence-electron chi connectivity index (χ4n) is 2.40. The molecule has 0 saturated carbocycles. The second kappa shape index (κ2) is 18.0. The normalized spacial score (nSPS) is 15.2. The van der Waals surface area contributed by atoms with Gasteiger partial charge in [-0.25, -0.2) is 0 Å². The summed E-state index contributed by atoms with van der Waals surface area (Å²) in [6, 6.07) is 0. The van der Waals surface area contributed by atoms with Crippen molar-refractivity contribution in [2.75, 3.05) is 0 Å². The molecule has 0 aromatic heterocycles. The molecule has 2 atom stereocenters. The molecule has 0 fully saturated rings. The highest BCUT2D eigenvalue weighted by Crippen LogP contribution is 2.18. The Morgan fingerprint density at radius 3 is 2.23 bits per heavy atom. The molecule has 0 rings (SSSR count). The van der Waals surface area contributed by atoms with Crippen LogP contribution in [0.15, 0.2) is 60.8 Å². The first kappa shape index (κ1) is 24.2. The molecule has 0 aromatic rings. The number of aliphatic carboxylic acids is 1. The van der Waals surface area contributed by atoms with Gasteiger partial charge in [0.1, 0.15) is 0 Å². The number of hydrogen-bond donors (Lipinski definition) is 1. The molecule has 0 aliphatic carbocycles. The Morgan fingerprint density at radius 2 is 1.54 bits per heavy atom. The summed E-state index contributed by atoms with van der Waals surface area (Å²) in [5.74, 6) is 0.0631. The Morgan fingerprint density at radius 1 is 0.885 bits per heavy atom. The van der Waals surface area contributed by atoms with Crippen molar-refractivity contribution in [1.29, 1.82) is 0 Å². The molecule has 0 radical (unpaired) electrons. The number of carbonyl (C=O) groups is 1. The molecule has 26 heavy (non-hydrogen) atoms. The first-order valence-electron chi connectivity index (χ1n) is 10.1. The average Bonchev–Trinajstić information content (AvgIpc) is 2.62. The van der Waals surface area contributed by atoms with Crippen molar-refractivity contribution in [3.63, 3.8) is 0 Å². The van der Waals surface area contributed by atoms with Gasteiger partial charge in [0.05, 0.1) is 0 Å². The molecule has 2 heteroatoms. The molecule has 2 nitrogen and oxygen atoms in total. The van der Waals surface area contributed by atoms with Crippen molar-refractivity contribution >= 4 is 5.97 Å². The van der Waals surface area contributed by atoms with E-state index < -0.39 is 5.97 Å². The third-order valence-electron chi connectivity index (χ3n) is 4.45. The summed E-state index contributed by atoms with van der Waals surface area (Å²) in [6.07, 6.45) is 29.5. The highest BCUT2D eigenvalue weighted by atomic mass is 16.4. The number of carboxylic acids is 1. The van der Waals surface area contributed by atoms with Crippen LogP contribution in [0.3, 0.4) is 0 Å². The maximum absolute atomic E-state index is 10.6. The van der Waals surface area contributed by atoms with Crippen molar-refractivity contribution in [2.24, 2.45) is 11.8 Å². The van der Waals surface area contributed by atoms with Crippen LogP contribution in [0, 0.1) is 11.8 Å². The van der Waals surface area contributed by atoms with Crippen molar-refractivity contribution in [2.45, 2.75) is 72.1 Å². The summed E-state index contributed by atoms with van der Waals surface area (Å²) in [4.78, 5) is 10.6. The molecule has 0 aliphatic rings. The van der Waals surface area contributed by atoms with Gasteiger partial charge in [0.2, 0.25) is 0 Å². The molecule has 0 heterocycles. The molecule has 0 aliphatic heterocycles. The fourth-order valence-corrected chi connectivity index (χ4v) is 2.40. The molecule has 146 valence electrons. The monoisotopic (exact) mass is 358 g/mol. The first-order valence-corrected chi connectivity index (χ1v) is 10.1. The predicted molar refractivity (Wildman–Crippen MR) is 114 cm³/mol. The Bertz CT molecular complexity index is 480. The lowest BCUT2D eigenvalue weighted by Crippen LogP contribution is -2.07. The van der Waals surface area contributed by atoms with Crippen LogP contribution in [-0.2, 0) is 4.79 Å². The molecule has 0 saturated heterocycles. The SMILES string of the molecule is CCCCC/C=C\C/C=C\C\C=C/C=C/C=C/C(C)C(C)CCC(=O)O. The number of unbranched alkanes of at least 4 members (excludes halogenated alkanes) is 3. The van der Waals surface area contributed by atoms with E-state index in [0.717, 1.165) is 19.3 Å². The van der Waals surface area contributed by atoms with Gasteiger partial charge in [-0.15, -0.1) is 0 Å². The van der Waals surface area contributed by atoms with E-state index in [1.54, 1.807) is 0 Å². The van der Waals surface area contributed by atoms with E-state index in [2.05, 4.69) is 63.3 Å². The minimum atomic E-state index is -0.713. The number of rotatable bonds is 15. The van der Waals surface area contributed by atoms with E-state index in [4.69, 9.17) is 5.11 Å². The minimum Gasteiger partial charge on any atom is -0.481 e. The van der Waals surface area contributed by atoms with E-state index in [9.17, 15) is 4.79 Å². The van der Waals surface area contributed by atoms with Crippen molar-refractivity contribution in [3.05, 3.63) is 60.8 Å². The number of carboxylic acid groups (broad SMARTS) is 1. The minimum absolute atomic E-state index is 0.250. The van der Waals surface area contributed by atoms with Gasteiger partial charge in [-0.2, -0.15) is 0 Å². The van der Waals surface area contributed by atoms with Crippen LogP contribution in [0.25, 0.3) is 0 Å². The lowest BCUT2D eigenvalue weighted by atomic mass is 9.91. The zero-order valence-corrected chi connectivity index (χ0v) is 16.9. The average molecular weight is 359 g/mol. The number of hydrogen-bond acceptors (Lipinski definition) is 1. The summed E-state index contributed by atoms with van der Waals surface area (Å²) in [7, 11) is 0. The molecule has 2 unspecified atom stereocenters. The van der Waals surface area contributed by atoms with Crippen LogP contribution in [-0.4, -0.2) is 11.1 Å². The molecular weight excluding hydrogens is 320 g/mol. The maximum atomic E-state index is 10.6. The highest BCUT2D eigenvalue weighted by Gasteiger charge is 2.10. The van der Waals surface area contributed by atoms with E-state index in [1.165, 1.54) is 25.7 Å². The third kappa shape index (κ3) is 17.0. The second-order valence-corrected chi connectivity index (χ2v) is 6.88. The molecule has 0 bridgehead atoms. The van der Waals surface area contributed by atoms with Crippen LogP contribution < -0.4 is 0 Å². The largest absolute Gasteiger partial charge is 0.481 e. The Hall–Kier alpha value is -1.83. The van der Waals surface area contributed by atoms with Crippen molar-refractivity contribution in [1.82, 2.24) is 0 Å². The van der Waals surface area contributed by atoms with Crippen molar-refractivity contribution in [3.8, 4) is 0 Å². The van der Waals surface area contributed by atoms with Crippen LogP contribution in [0.2, 0.25) is 0 Å². The Balaban J connectivity index is 3.80. The Kier molecular flexibility index (Phi) is 16.7. The van der Waals surface area contributed by atoms with E-state index in [-0.39, 0.29) is 6.42 Å². The summed E-state index contributed by atoms with van der Waals surface area (Å²) in [5, 5.41) is 8.72. The van der Waals surface area contributed by atoms with Gasteiger partial charge in [-0.3, -0.25) is 4.79 Å². The maximum Gasteiger partial charge on any atom is 0.303 e. The van der Waals surface area contributed by atoms with Gasteiger partial charge < -0.3 is 5.11 Å².